The van der Waals surface area contributed by atoms with Gasteiger partial charge in [0.2, 0.25) is 0 Å². The standard InChI is InChI=1S/C10H11NO/c1-2-4-10-8(3-1)9-5-7(12-10)6-11-9/h1-4,7,9,11H,5-6H2. The van der Waals surface area contributed by atoms with Crippen LogP contribution in [0, 0.1) is 0 Å². The van der Waals surface area contributed by atoms with E-state index >= 15 is 0 Å². The summed E-state index contributed by atoms with van der Waals surface area (Å²) in [4.78, 5) is 0. The van der Waals surface area contributed by atoms with Crippen molar-refractivity contribution in [3.05, 3.63) is 29.8 Å². The van der Waals surface area contributed by atoms with Crippen molar-refractivity contribution >= 4 is 0 Å². The van der Waals surface area contributed by atoms with E-state index in [-0.39, 0.29) is 0 Å². The van der Waals surface area contributed by atoms with Gasteiger partial charge in [0.25, 0.3) is 0 Å². The average Bonchev–Trinajstić information content (AvgIpc) is 2.49. The van der Waals surface area contributed by atoms with E-state index in [0.29, 0.717) is 12.1 Å². The van der Waals surface area contributed by atoms with Gasteiger partial charge in [-0.1, -0.05) is 18.2 Å². The Bertz CT molecular complexity index is 310. The molecule has 0 radical (unpaired) electrons. The smallest absolute Gasteiger partial charge is 0.124 e. The summed E-state index contributed by atoms with van der Waals surface area (Å²) in [6.45, 7) is 0.999. The van der Waals surface area contributed by atoms with Crippen molar-refractivity contribution < 1.29 is 4.74 Å². The van der Waals surface area contributed by atoms with Gasteiger partial charge in [-0.3, -0.25) is 0 Å². The molecule has 0 amide bonds. The molecule has 2 aliphatic rings. The van der Waals surface area contributed by atoms with Crippen LogP contribution in [-0.2, 0) is 0 Å². The largest absolute Gasteiger partial charge is 0.489 e. The Balaban J connectivity index is 2.13. The number of benzene rings is 1. The van der Waals surface area contributed by atoms with E-state index in [1.165, 1.54) is 5.56 Å². The first-order chi connectivity index (χ1) is 5.93. The van der Waals surface area contributed by atoms with Crippen LogP contribution in [0.3, 0.4) is 0 Å². The minimum absolute atomic E-state index is 0.407. The van der Waals surface area contributed by atoms with Crippen LogP contribution < -0.4 is 10.1 Å². The molecule has 1 aromatic rings. The fraction of sp³-hybridized carbons (Fsp3) is 0.400. The highest BCUT2D eigenvalue weighted by Crippen LogP contribution is 2.37. The topological polar surface area (TPSA) is 21.3 Å². The zero-order valence-electron chi connectivity index (χ0n) is 6.79. The van der Waals surface area contributed by atoms with E-state index in [1.54, 1.807) is 0 Å². The molecule has 0 aromatic heterocycles. The quantitative estimate of drug-likeness (QED) is 0.622. The van der Waals surface area contributed by atoms with Gasteiger partial charge in [-0.05, 0) is 6.07 Å². The first kappa shape index (κ1) is 6.49. The SMILES string of the molecule is c1ccc2c(c1)OC1CNC2C1. The second-order valence-electron chi connectivity index (χ2n) is 3.47. The molecule has 2 bridgehead atoms. The summed E-state index contributed by atoms with van der Waals surface area (Å²) < 4.78 is 5.76. The van der Waals surface area contributed by atoms with Crippen molar-refractivity contribution in [2.75, 3.05) is 6.54 Å². The molecule has 0 aliphatic carbocycles. The van der Waals surface area contributed by atoms with Crippen LogP contribution in [0.2, 0.25) is 0 Å². The maximum atomic E-state index is 5.76. The number of hydrogen-bond donors (Lipinski definition) is 1. The molecule has 1 aromatic carbocycles. The first-order valence-corrected chi connectivity index (χ1v) is 4.42. The zero-order chi connectivity index (χ0) is 7.97. The predicted octanol–water partition coefficient (Wildman–Crippen LogP) is 1.48. The Hall–Kier alpha value is -1.02. The van der Waals surface area contributed by atoms with E-state index in [1.807, 2.05) is 6.07 Å². The molecule has 2 unspecified atom stereocenters. The van der Waals surface area contributed by atoms with Crippen molar-refractivity contribution in [2.45, 2.75) is 18.6 Å². The number of hydrogen-bond acceptors (Lipinski definition) is 2. The molecule has 2 nitrogen and oxygen atoms in total. The lowest BCUT2D eigenvalue weighted by Gasteiger charge is -2.22. The number of ether oxygens (including phenoxy) is 1. The molecular formula is C10H11NO. The summed E-state index contributed by atoms with van der Waals surface area (Å²) in [5.74, 6) is 1.07. The first-order valence-electron chi connectivity index (χ1n) is 4.42. The van der Waals surface area contributed by atoms with Gasteiger partial charge in [0.1, 0.15) is 11.9 Å². The summed E-state index contributed by atoms with van der Waals surface area (Å²) in [5.41, 5.74) is 1.33. The third-order valence-electron chi connectivity index (χ3n) is 2.68. The number of para-hydroxylation sites is 1. The highest BCUT2D eigenvalue weighted by atomic mass is 16.5. The molecule has 2 aliphatic heterocycles. The highest BCUT2D eigenvalue weighted by molar-refractivity contribution is 5.39. The number of fused-ring (bicyclic) bond motifs is 4. The predicted molar refractivity (Wildman–Crippen MR) is 46.2 cm³/mol. The van der Waals surface area contributed by atoms with Crippen LogP contribution in [0.4, 0.5) is 0 Å². The molecule has 62 valence electrons. The molecule has 12 heavy (non-hydrogen) atoms. The Morgan fingerprint density at radius 1 is 1.33 bits per heavy atom. The minimum Gasteiger partial charge on any atom is -0.489 e. The van der Waals surface area contributed by atoms with Gasteiger partial charge in [0, 0.05) is 24.6 Å². The summed E-state index contributed by atoms with van der Waals surface area (Å²) in [6.07, 6.45) is 1.54. The van der Waals surface area contributed by atoms with Crippen molar-refractivity contribution in [1.29, 1.82) is 0 Å². The molecule has 1 saturated heterocycles. The van der Waals surface area contributed by atoms with Gasteiger partial charge in [0.05, 0.1) is 0 Å². The summed E-state index contributed by atoms with van der Waals surface area (Å²) in [5, 5.41) is 3.45. The molecule has 2 atom stereocenters. The van der Waals surface area contributed by atoms with Crippen molar-refractivity contribution in [2.24, 2.45) is 0 Å². The van der Waals surface area contributed by atoms with E-state index in [9.17, 15) is 0 Å². The lowest BCUT2D eigenvalue weighted by Crippen LogP contribution is -2.19. The van der Waals surface area contributed by atoms with Gasteiger partial charge in [-0.2, -0.15) is 0 Å². The molecule has 1 N–H and O–H groups in total. The molecule has 0 spiro atoms. The van der Waals surface area contributed by atoms with Crippen molar-refractivity contribution in [3.8, 4) is 5.75 Å². The molecule has 3 rings (SSSR count). The molecule has 1 fully saturated rings. The Kier molecular flexibility index (Phi) is 1.21. The van der Waals surface area contributed by atoms with Crippen LogP contribution in [0.5, 0.6) is 5.75 Å². The van der Waals surface area contributed by atoms with Gasteiger partial charge >= 0.3 is 0 Å². The molecular weight excluding hydrogens is 150 g/mol. The fourth-order valence-corrected chi connectivity index (χ4v) is 2.09. The Morgan fingerprint density at radius 3 is 3.25 bits per heavy atom. The van der Waals surface area contributed by atoms with Crippen LogP contribution in [0.15, 0.2) is 24.3 Å². The second-order valence-corrected chi connectivity index (χ2v) is 3.47. The second kappa shape index (κ2) is 2.23. The van der Waals surface area contributed by atoms with Crippen LogP contribution >= 0.6 is 0 Å². The molecule has 2 heterocycles. The minimum atomic E-state index is 0.407. The van der Waals surface area contributed by atoms with E-state index < -0.39 is 0 Å². The van der Waals surface area contributed by atoms with Gasteiger partial charge in [0.15, 0.2) is 0 Å². The fourth-order valence-electron chi connectivity index (χ4n) is 2.09. The number of nitrogens with one attached hydrogen (secondary N) is 1. The van der Waals surface area contributed by atoms with Gasteiger partial charge in [-0.25, -0.2) is 0 Å². The average molecular weight is 161 g/mol. The van der Waals surface area contributed by atoms with E-state index in [4.69, 9.17) is 4.74 Å². The Morgan fingerprint density at radius 2 is 2.25 bits per heavy atom. The highest BCUT2D eigenvalue weighted by Gasteiger charge is 2.33. The summed E-state index contributed by atoms with van der Waals surface area (Å²) >= 11 is 0. The van der Waals surface area contributed by atoms with E-state index in [2.05, 4.69) is 23.5 Å². The molecule has 2 heteroatoms. The maximum absolute atomic E-state index is 5.76. The lowest BCUT2D eigenvalue weighted by molar-refractivity contribution is 0.204. The van der Waals surface area contributed by atoms with Gasteiger partial charge < -0.3 is 10.1 Å². The summed E-state index contributed by atoms with van der Waals surface area (Å²) in [7, 11) is 0. The Labute approximate surface area is 71.5 Å². The number of rotatable bonds is 0. The normalized spacial score (nSPS) is 31.0. The van der Waals surface area contributed by atoms with Gasteiger partial charge in [-0.15, -0.1) is 0 Å². The third kappa shape index (κ3) is 0.786. The monoisotopic (exact) mass is 161 g/mol. The van der Waals surface area contributed by atoms with Crippen molar-refractivity contribution in [3.63, 3.8) is 0 Å². The van der Waals surface area contributed by atoms with E-state index in [0.717, 1.165) is 18.7 Å². The van der Waals surface area contributed by atoms with Crippen LogP contribution in [-0.4, -0.2) is 12.6 Å². The third-order valence-corrected chi connectivity index (χ3v) is 2.68. The van der Waals surface area contributed by atoms with Crippen LogP contribution in [0.1, 0.15) is 18.0 Å². The maximum Gasteiger partial charge on any atom is 0.124 e. The van der Waals surface area contributed by atoms with Crippen molar-refractivity contribution in [1.82, 2.24) is 5.32 Å². The lowest BCUT2D eigenvalue weighted by atomic mass is 10.0. The molecule has 0 saturated carbocycles. The van der Waals surface area contributed by atoms with Crippen LogP contribution in [0.25, 0.3) is 0 Å². The zero-order valence-corrected chi connectivity index (χ0v) is 6.79. The summed E-state index contributed by atoms with van der Waals surface area (Å²) in [6, 6.07) is 8.85.